The quantitative estimate of drug-likeness (QED) is 0.202. The smallest absolute Gasteiger partial charge is 0.280 e. The number of aryl methyl sites for hydroxylation is 1. The van der Waals surface area contributed by atoms with Gasteiger partial charge in [0.2, 0.25) is 0 Å². The van der Waals surface area contributed by atoms with Crippen LogP contribution in [0.3, 0.4) is 0 Å². The number of halogens is 2. The van der Waals surface area contributed by atoms with E-state index in [0.29, 0.717) is 33.8 Å². The molecule has 0 aliphatic carbocycles. The summed E-state index contributed by atoms with van der Waals surface area (Å²) >= 11 is 6.53. The second-order valence-corrected chi connectivity index (χ2v) is 8.67. The van der Waals surface area contributed by atoms with Gasteiger partial charge >= 0.3 is 0 Å². The Hall–Kier alpha value is -3.31. The van der Waals surface area contributed by atoms with Crippen molar-refractivity contribution in [1.29, 1.82) is 0 Å². The van der Waals surface area contributed by atoms with E-state index < -0.39 is 6.43 Å². The molecular weight excluding hydrogens is 482 g/mol. The van der Waals surface area contributed by atoms with E-state index in [2.05, 4.69) is 15.3 Å². The van der Waals surface area contributed by atoms with Crippen molar-refractivity contribution in [1.82, 2.24) is 20.2 Å². The molecule has 3 heterocycles. The number of aromatic nitrogens is 2. The first-order chi connectivity index (χ1) is 16.3. The number of rotatable bonds is 8. The van der Waals surface area contributed by atoms with E-state index in [9.17, 15) is 13.6 Å². The summed E-state index contributed by atoms with van der Waals surface area (Å²) in [5.41, 5.74) is 2.05. The SMILES string of the molecule is COc1ccc(/C=C2/NC(=S)N(Cc3ccco3)C2=O)cc1CSc1nc(C)cc(C(F)F)n1. The third kappa shape index (κ3) is 5.42. The van der Waals surface area contributed by atoms with E-state index in [1.807, 2.05) is 12.1 Å². The van der Waals surface area contributed by atoms with Crippen molar-refractivity contribution < 1.29 is 22.7 Å². The molecule has 1 saturated heterocycles. The number of nitrogens with zero attached hydrogens (tertiary/aromatic N) is 3. The van der Waals surface area contributed by atoms with Crippen LogP contribution >= 0.6 is 24.0 Å². The molecule has 0 spiro atoms. The van der Waals surface area contributed by atoms with Gasteiger partial charge in [-0.3, -0.25) is 9.69 Å². The van der Waals surface area contributed by atoms with Crippen LogP contribution in [0, 0.1) is 6.92 Å². The molecule has 0 atom stereocenters. The number of thiocarbonyl (C=S) groups is 1. The standard InChI is InChI=1S/C23H20F2N4O3S2/c1-13-8-17(20(24)25)27-22(26-13)34-12-15-9-14(5-6-19(15)31-2)10-18-21(30)29(23(33)28-18)11-16-4-3-7-32-16/h3-10,20H,11-12H2,1-2H3,(H,28,33)/b18-10+. The zero-order valence-electron chi connectivity index (χ0n) is 18.2. The fourth-order valence-electron chi connectivity index (χ4n) is 3.32. The normalized spacial score (nSPS) is 14.9. The minimum absolute atomic E-state index is 0.233. The second-order valence-electron chi connectivity index (χ2n) is 7.34. The van der Waals surface area contributed by atoms with Gasteiger partial charge in [-0.25, -0.2) is 18.7 Å². The Balaban J connectivity index is 1.53. The number of hydrogen-bond acceptors (Lipinski definition) is 7. The number of amides is 1. The third-order valence-electron chi connectivity index (χ3n) is 4.91. The Bertz CT molecular complexity index is 1250. The van der Waals surface area contributed by atoms with E-state index in [4.69, 9.17) is 21.4 Å². The van der Waals surface area contributed by atoms with Gasteiger partial charge in [0.15, 0.2) is 10.3 Å². The van der Waals surface area contributed by atoms with Gasteiger partial charge < -0.3 is 14.5 Å². The topological polar surface area (TPSA) is 80.5 Å². The second kappa shape index (κ2) is 10.3. The molecule has 2 aromatic heterocycles. The molecule has 3 aromatic rings. The summed E-state index contributed by atoms with van der Waals surface area (Å²) in [6.07, 6.45) is 0.568. The Kier molecular flexibility index (Phi) is 7.23. The zero-order valence-corrected chi connectivity index (χ0v) is 19.9. The number of furan rings is 1. The molecule has 1 aliphatic rings. The van der Waals surface area contributed by atoms with Crippen molar-refractivity contribution in [2.24, 2.45) is 0 Å². The van der Waals surface area contributed by atoms with Gasteiger partial charge in [0.05, 0.1) is 19.9 Å². The van der Waals surface area contributed by atoms with Crippen LogP contribution in [0.1, 0.15) is 34.7 Å². The summed E-state index contributed by atoms with van der Waals surface area (Å²) in [5, 5.41) is 3.50. The highest BCUT2D eigenvalue weighted by Gasteiger charge is 2.31. The largest absolute Gasteiger partial charge is 0.496 e. The highest BCUT2D eigenvalue weighted by atomic mass is 32.2. The van der Waals surface area contributed by atoms with Crippen molar-refractivity contribution in [2.75, 3.05) is 7.11 Å². The first-order valence-electron chi connectivity index (χ1n) is 10.1. The molecule has 34 heavy (non-hydrogen) atoms. The minimum Gasteiger partial charge on any atom is -0.496 e. The highest BCUT2D eigenvalue weighted by molar-refractivity contribution is 7.98. The first kappa shape index (κ1) is 23.8. The van der Waals surface area contributed by atoms with Crippen molar-refractivity contribution in [2.45, 2.75) is 30.8 Å². The Labute approximate surface area is 204 Å². The Morgan fingerprint density at radius 2 is 2.12 bits per heavy atom. The third-order valence-corrected chi connectivity index (χ3v) is 6.12. The lowest BCUT2D eigenvalue weighted by atomic mass is 10.1. The summed E-state index contributed by atoms with van der Waals surface area (Å²) in [4.78, 5) is 22.4. The van der Waals surface area contributed by atoms with Crippen molar-refractivity contribution in [3.8, 4) is 5.75 Å². The van der Waals surface area contributed by atoms with Gasteiger partial charge in [-0.05, 0) is 61.1 Å². The van der Waals surface area contributed by atoms with Crippen LogP contribution in [0.15, 0.2) is 57.9 Å². The Morgan fingerprint density at radius 3 is 2.82 bits per heavy atom. The molecule has 0 bridgehead atoms. The summed E-state index contributed by atoms with van der Waals surface area (Å²) < 4.78 is 36.9. The zero-order chi connectivity index (χ0) is 24.2. The summed E-state index contributed by atoms with van der Waals surface area (Å²) in [6, 6.07) is 10.2. The maximum absolute atomic E-state index is 13.1. The van der Waals surface area contributed by atoms with E-state index in [-0.39, 0.29) is 23.3 Å². The minimum atomic E-state index is -2.67. The highest BCUT2D eigenvalue weighted by Crippen LogP contribution is 2.29. The molecule has 176 valence electrons. The number of nitrogens with one attached hydrogen (secondary N) is 1. The maximum Gasteiger partial charge on any atom is 0.280 e. The van der Waals surface area contributed by atoms with Crippen LogP contribution in [0.25, 0.3) is 6.08 Å². The number of hydrogen-bond donors (Lipinski definition) is 1. The number of methoxy groups -OCH3 is 1. The van der Waals surface area contributed by atoms with E-state index >= 15 is 0 Å². The van der Waals surface area contributed by atoms with Crippen molar-refractivity contribution >= 4 is 41.1 Å². The number of alkyl halides is 2. The molecule has 0 saturated carbocycles. The van der Waals surface area contributed by atoms with Crippen LogP contribution in [0.2, 0.25) is 0 Å². The molecule has 4 rings (SSSR count). The van der Waals surface area contributed by atoms with Gasteiger partial charge in [0.25, 0.3) is 12.3 Å². The van der Waals surface area contributed by atoms with Crippen LogP contribution in [0.5, 0.6) is 5.75 Å². The molecule has 1 fully saturated rings. The Morgan fingerprint density at radius 1 is 1.29 bits per heavy atom. The summed E-state index contributed by atoms with van der Waals surface area (Å²) in [7, 11) is 1.55. The molecule has 1 aliphatic heterocycles. The monoisotopic (exact) mass is 502 g/mol. The van der Waals surface area contributed by atoms with Crippen LogP contribution in [-0.4, -0.2) is 33.0 Å². The molecule has 1 amide bonds. The summed E-state index contributed by atoms with van der Waals surface area (Å²) in [6.45, 7) is 1.88. The molecule has 0 radical (unpaired) electrons. The molecular formula is C23H20F2N4O3S2. The molecule has 7 nitrogen and oxygen atoms in total. The van der Waals surface area contributed by atoms with E-state index in [0.717, 1.165) is 11.1 Å². The fraction of sp³-hybridized carbons (Fsp3) is 0.217. The average Bonchev–Trinajstić information content (AvgIpc) is 3.41. The lowest BCUT2D eigenvalue weighted by molar-refractivity contribution is -0.122. The van der Waals surface area contributed by atoms with Gasteiger partial charge in [-0.15, -0.1) is 0 Å². The van der Waals surface area contributed by atoms with Gasteiger partial charge in [-0.1, -0.05) is 17.8 Å². The average molecular weight is 503 g/mol. The van der Waals surface area contributed by atoms with Crippen molar-refractivity contribution in [3.63, 3.8) is 0 Å². The van der Waals surface area contributed by atoms with Crippen molar-refractivity contribution in [3.05, 3.63) is 76.6 Å². The van der Waals surface area contributed by atoms with E-state index in [1.165, 1.54) is 29.0 Å². The van der Waals surface area contributed by atoms with Gasteiger partial charge in [0.1, 0.15) is 22.9 Å². The number of thioether (sulfide) groups is 1. The van der Waals surface area contributed by atoms with Gasteiger partial charge in [0, 0.05) is 17.0 Å². The number of carbonyl (C=O) groups excluding carboxylic acids is 1. The first-order valence-corrected chi connectivity index (χ1v) is 11.5. The molecule has 11 heteroatoms. The van der Waals surface area contributed by atoms with Crippen LogP contribution in [0.4, 0.5) is 8.78 Å². The lowest BCUT2D eigenvalue weighted by Gasteiger charge is -2.11. The van der Waals surface area contributed by atoms with Crippen LogP contribution < -0.4 is 10.1 Å². The van der Waals surface area contributed by atoms with Crippen LogP contribution in [-0.2, 0) is 17.1 Å². The molecule has 1 aromatic carbocycles. The molecule has 1 N–H and O–H groups in total. The number of carbonyl (C=O) groups is 1. The molecule has 0 unspecified atom stereocenters. The summed E-state index contributed by atoms with van der Waals surface area (Å²) in [5.74, 6) is 1.37. The lowest BCUT2D eigenvalue weighted by Crippen LogP contribution is -2.29. The maximum atomic E-state index is 13.1. The number of ether oxygens (including phenoxy) is 1. The van der Waals surface area contributed by atoms with Gasteiger partial charge in [-0.2, -0.15) is 0 Å². The predicted molar refractivity (Wildman–Crippen MR) is 127 cm³/mol. The van der Waals surface area contributed by atoms with E-state index in [1.54, 1.807) is 38.3 Å². The predicted octanol–water partition coefficient (Wildman–Crippen LogP) is 4.87. The number of benzene rings is 1. The fourth-order valence-corrected chi connectivity index (χ4v) is 4.47.